The van der Waals surface area contributed by atoms with Gasteiger partial charge in [0, 0.05) is 34.6 Å². The van der Waals surface area contributed by atoms with Crippen LogP contribution in [0.25, 0.3) is 0 Å². The van der Waals surface area contributed by atoms with E-state index in [4.69, 9.17) is 0 Å². The first-order valence-electron chi connectivity index (χ1n) is 13.7. The Morgan fingerprint density at radius 3 is 1.71 bits per heavy atom. The van der Waals surface area contributed by atoms with Crippen LogP contribution in [0.15, 0.2) is 18.3 Å². The third-order valence-electron chi connectivity index (χ3n) is 5.01. The minimum absolute atomic E-state index is 0.00676. The van der Waals surface area contributed by atoms with Gasteiger partial charge in [-0.2, -0.15) is 0 Å². The maximum absolute atomic E-state index is 11.9. The Balaban J connectivity index is 0.000000726. The Morgan fingerprint density at radius 1 is 0.763 bits per heavy atom. The Kier molecular flexibility index (Phi) is 14.4. The summed E-state index contributed by atoms with van der Waals surface area (Å²) in [6.45, 7) is 26.1. The lowest BCUT2D eigenvalue weighted by Gasteiger charge is -2.17. The first-order valence-corrected chi connectivity index (χ1v) is 13.7. The molecule has 0 spiro atoms. The van der Waals surface area contributed by atoms with Gasteiger partial charge in [0.15, 0.2) is 0 Å². The van der Waals surface area contributed by atoms with Gasteiger partial charge in [0.2, 0.25) is 5.91 Å². The van der Waals surface area contributed by atoms with E-state index in [1.54, 1.807) is 12.3 Å². The molecule has 0 bridgehead atoms. The van der Waals surface area contributed by atoms with E-state index >= 15 is 0 Å². The molecule has 5 nitrogen and oxygen atoms in total. The van der Waals surface area contributed by atoms with Crippen molar-refractivity contribution in [1.82, 2.24) is 15.6 Å². The van der Waals surface area contributed by atoms with E-state index in [0.717, 1.165) is 18.5 Å². The Hall–Kier alpha value is -2.79. The number of unbranched alkanes of at least 4 members (excludes halogenated alkanes) is 1. The van der Waals surface area contributed by atoms with Crippen LogP contribution in [0.1, 0.15) is 125 Å². The average molecular weight is 524 g/mol. The Labute approximate surface area is 233 Å². The number of amides is 2. The van der Waals surface area contributed by atoms with Gasteiger partial charge in [-0.05, 0) is 71.9 Å². The molecule has 5 heteroatoms. The van der Waals surface area contributed by atoms with Gasteiger partial charge in [0.25, 0.3) is 5.91 Å². The third-order valence-corrected chi connectivity index (χ3v) is 5.01. The zero-order chi connectivity index (χ0) is 29.6. The molecular weight excluding hydrogens is 470 g/mol. The van der Waals surface area contributed by atoms with E-state index in [1.807, 2.05) is 26.8 Å². The van der Waals surface area contributed by atoms with Crippen LogP contribution >= 0.6 is 0 Å². The molecule has 1 aromatic rings. The molecule has 1 aromatic heterocycles. The van der Waals surface area contributed by atoms with E-state index in [9.17, 15) is 9.59 Å². The van der Waals surface area contributed by atoms with E-state index < -0.39 is 0 Å². The van der Waals surface area contributed by atoms with E-state index in [-0.39, 0.29) is 28.1 Å². The molecule has 2 N–H and O–H groups in total. The summed E-state index contributed by atoms with van der Waals surface area (Å²) in [5.41, 5.74) is 1.87. The average Bonchev–Trinajstić information content (AvgIpc) is 2.75. The highest BCUT2D eigenvalue weighted by atomic mass is 16.2. The summed E-state index contributed by atoms with van der Waals surface area (Å²) in [6.07, 6.45) is 5.49. The number of nitrogens with one attached hydrogen (secondary N) is 2. The molecule has 38 heavy (non-hydrogen) atoms. The highest BCUT2D eigenvalue weighted by molar-refractivity contribution is 5.94. The van der Waals surface area contributed by atoms with E-state index in [0.29, 0.717) is 30.5 Å². The second kappa shape index (κ2) is 15.6. The number of carbonyl (C=O) groups excluding carboxylic acids is 2. The quantitative estimate of drug-likeness (QED) is 0.301. The van der Waals surface area contributed by atoms with Crippen LogP contribution in [0.5, 0.6) is 0 Å². The maximum Gasteiger partial charge on any atom is 0.253 e. The largest absolute Gasteiger partial charge is 0.345 e. The molecule has 0 radical (unpaired) electrons. The predicted octanol–water partition coefficient (Wildman–Crippen LogP) is 6.92. The molecule has 2 amide bonds. The van der Waals surface area contributed by atoms with Gasteiger partial charge in [-0.3, -0.25) is 14.6 Å². The van der Waals surface area contributed by atoms with Crippen molar-refractivity contribution in [3.05, 3.63) is 29.6 Å². The summed E-state index contributed by atoms with van der Waals surface area (Å²) < 4.78 is 0. The van der Waals surface area contributed by atoms with Crippen molar-refractivity contribution < 1.29 is 9.59 Å². The number of hydrogen-bond acceptors (Lipinski definition) is 3. The second-order valence-electron chi connectivity index (χ2n) is 14.0. The molecule has 0 fully saturated rings. The summed E-state index contributed by atoms with van der Waals surface area (Å²) in [5, 5.41) is 5.62. The van der Waals surface area contributed by atoms with Gasteiger partial charge in [0.1, 0.15) is 0 Å². The van der Waals surface area contributed by atoms with E-state index in [1.165, 1.54) is 6.42 Å². The minimum atomic E-state index is -0.138. The summed E-state index contributed by atoms with van der Waals surface area (Å²) in [5.74, 6) is 12.1. The Morgan fingerprint density at radius 2 is 1.29 bits per heavy atom. The van der Waals surface area contributed by atoms with Crippen molar-refractivity contribution in [1.29, 1.82) is 0 Å². The zero-order valence-corrected chi connectivity index (χ0v) is 26.2. The van der Waals surface area contributed by atoms with Crippen molar-refractivity contribution in [2.24, 2.45) is 16.2 Å². The van der Waals surface area contributed by atoms with Crippen molar-refractivity contribution in [3.8, 4) is 23.7 Å². The number of pyridine rings is 1. The highest BCUT2D eigenvalue weighted by Crippen LogP contribution is 2.22. The van der Waals surface area contributed by atoms with Crippen LogP contribution in [0.2, 0.25) is 0 Å². The highest BCUT2D eigenvalue weighted by Gasteiger charge is 2.16. The van der Waals surface area contributed by atoms with E-state index in [2.05, 4.69) is 102 Å². The molecule has 1 heterocycles. The fraction of sp³-hybridized carbons (Fsp3) is 0.667. The molecule has 0 aliphatic carbocycles. The summed E-state index contributed by atoms with van der Waals surface area (Å²) in [4.78, 5) is 27.8. The molecule has 0 unspecified atom stereocenters. The van der Waals surface area contributed by atoms with Gasteiger partial charge in [-0.25, -0.2) is 0 Å². The zero-order valence-electron chi connectivity index (χ0n) is 26.2. The molecule has 0 atom stereocenters. The van der Waals surface area contributed by atoms with Gasteiger partial charge in [-0.1, -0.05) is 71.6 Å². The van der Waals surface area contributed by atoms with Crippen LogP contribution in [0.4, 0.5) is 0 Å². The fourth-order valence-electron chi connectivity index (χ4n) is 2.99. The SMILES string of the molecule is CC(C)(C)C#CCNC(=O)CCCCC(C)(C)C.CC(C)(C)C#CCNC(=O)c1ccc(C(C)(C)C)nc1. The van der Waals surface area contributed by atoms with Crippen LogP contribution in [-0.4, -0.2) is 29.9 Å². The van der Waals surface area contributed by atoms with Crippen molar-refractivity contribution in [3.63, 3.8) is 0 Å². The van der Waals surface area contributed by atoms with Gasteiger partial charge in [0.05, 0.1) is 18.7 Å². The van der Waals surface area contributed by atoms with Crippen molar-refractivity contribution in [2.75, 3.05) is 13.1 Å². The molecule has 1 rings (SSSR count). The molecule has 0 saturated heterocycles. The third kappa shape index (κ3) is 20.3. The Bertz CT molecular complexity index is 988. The lowest BCUT2D eigenvalue weighted by Crippen LogP contribution is -2.24. The molecular formula is C33H53N3O2. The minimum Gasteiger partial charge on any atom is -0.345 e. The molecule has 0 saturated carbocycles. The molecule has 0 aliphatic rings. The summed E-state index contributed by atoms with van der Waals surface area (Å²) in [7, 11) is 0. The summed E-state index contributed by atoms with van der Waals surface area (Å²) >= 11 is 0. The van der Waals surface area contributed by atoms with Crippen LogP contribution in [0, 0.1) is 39.9 Å². The lowest BCUT2D eigenvalue weighted by molar-refractivity contribution is -0.121. The van der Waals surface area contributed by atoms with Crippen LogP contribution in [0.3, 0.4) is 0 Å². The van der Waals surface area contributed by atoms with Crippen molar-refractivity contribution >= 4 is 11.8 Å². The van der Waals surface area contributed by atoms with Crippen LogP contribution < -0.4 is 10.6 Å². The molecule has 0 aromatic carbocycles. The monoisotopic (exact) mass is 523 g/mol. The first-order chi connectivity index (χ1) is 17.2. The predicted molar refractivity (Wildman–Crippen MR) is 161 cm³/mol. The standard InChI is InChI=1S/C17H24N2O.C16H29NO/c1-16(2,3)10-7-11-18-15(20)13-8-9-14(19-12-13)17(4,5)6;1-15(2,3)11-8-7-10-14(18)17-13-9-12-16(4,5)6/h8-9,12H,11H2,1-6H3,(H,18,20);7-8,10-11,13H2,1-6H3,(H,17,18). The van der Waals surface area contributed by atoms with Crippen molar-refractivity contribution in [2.45, 2.75) is 114 Å². The number of aromatic nitrogens is 1. The number of hydrogen-bond donors (Lipinski definition) is 2. The van der Waals surface area contributed by atoms with Gasteiger partial charge < -0.3 is 10.6 Å². The first kappa shape index (κ1) is 35.2. The second-order valence-corrected chi connectivity index (χ2v) is 14.0. The fourth-order valence-corrected chi connectivity index (χ4v) is 2.99. The number of carbonyl (C=O) groups is 2. The van der Waals surface area contributed by atoms with Crippen LogP contribution in [-0.2, 0) is 10.2 Å². The smallest absolute Gasteiger partial charge is 0.253 e. The topological polar surface area (TPSA) is 71.1 Å². The summed E-state index contributed by atoms with van der Waals surface area (Å²) in [6, 6.07) is 3.70. The number of rotatable bonds is 7. The lowest BCUT2D eigenvalue weighted by atomic mass is 9.89. The number of nitrogens with zero attached hydrogens (tertiary/aromatic N) is 1. The maximum atomic E-state index is 11.9. The normalized spacial score (nSPS) is 11.6. The molecule has 0 aliphatic heterocycles. The molecule has 212 valence electrons. The van der Waals surface area contributed by atoms with Gasteiger partial charge >= 0.3 is 0 Å². The van der Waals surface area contributed by atoms with Gasteiger partial charge in [-0.15, -0.1) is 0 Å².